The molecule has 4 aromatic rings. The molecule has 1 aliphatic rings. The van der Waals surface area contributed by atoms with Crippen LogP contribution in [0.2, 0.25) is 10.0 Å². The maximum Gasteiger partial charge on any atom is 0.159 e. The molecule has 0 amide bonds. The predicted octanol–water partition coefficient (Wildman–Crippen LogP) is 5.49. The summed E-state index contributed by atoms with van der Waals surface area (Å²) >= 11 is 12.2. The van der Waals surface area contributed by atoms with Crippen LogP contribution in [0, 0.1) is 0 Å². The Kier molecular flexibility index (Phi) is 4.55. The smallest absolute Gasteiger partial charge is 0.159 e. The van der Waals surface area contributed by atoms with E-state index in [0.29, 0.717) is 5.02 Å². The fourth-order valence-electron chi connectivity index (χ4n) is 3.75. The SMILES string of the molecule is Clc1ccc(-c2ncc3c(n2)CN(Cc2c[nH]c4ccc(Cl)cc24)CC3)cc1. The standard InChI is InChI=1S/C22H18Cl2N4/c23-17-3-1-14(2-4-17)22-26-10-15-7-8-28(13-21(15)27-22)12-16-11-25-20-6-5-18(24)9-19(16)20/h1-6,9-11,25H,7-8,12-13H2. The molecule has 0 bridgehead atoms. The van der Waals surface area contributed by atoms with Gasteiger partial charge in [-0.1, -0.05) is 23.2 Å². The third-order valence-electron chi connectivity index (χ3n) is 5.25. The molecule has 0 fully saturated rings. The molecule has 5 rings (SSSR count). The Morgan fingerprint density at radius 2 is 1.86 bits per heavy atom. The van der Waals surface area contributed by atoms with Crippen LogP contribution in [0.5, 0.6) is 0 Å². The van der Waals surface area contributed by atoms with Gasteiger partial charge in [0, 0.05) is 58.5 Å². The van der Waals surface area contributed by atoms with E-state index in [1.165, 1.54) is 16.5 Å². The number of fused-ring (bicyclic) bond motifs is 2. The molecule has 2 aromatic heterocycles. The fourth-order valence-corrected chi connectivity index (χ4v) is 4.05. The largest absolute Gasteiger partial charge is 0.361 e. The van der Waals surface area contributed by atoms with E-state index in [-0.39, 0.29) is 0 Å². The molecule has 140 valence electrons. The first kappa shape index (κ1) is 17.7. The van der Waals surface area contributed by atoms with Gasteiger partial charge < -0.3 is 4.98 Å². The lowest BCUT2D eigenvalue weighted by atomic mass is 10.1. The number of aromatic amines is 1. The zero-order valence-corrected chi connectivity index (χ0v) is 16.6. The van der Waals surface area contributed by atoms with Gasteiger partial charge in [-0.05, 0) is 60.0 Å². The Bertz CT molecular complexity index is 1150. The van der Waals surface area contributed by atoms with Gasteiger partial charge in [0.2, 0.25) is 0 Å². The number of hydrogen-bond acceptors (Lipinski definition) is 3. The molecule has 1 aliphatic heterocycles. The number of nitrogens with one attached hydrogen (secondary N) is 1. The van der Waals surface area contributed by atoms with Crippen molar-refractivity contribution in [2.75, 3.05) is 6.54 Å². The van der Waals surface area contributed by atoms with Crippen molar-refractivity contribution in [3.63, 3.8) is 0 Å². The molecule has 28 heavy (non-hydrogen) atoms. The summed E-state index contributed by atoms with van der Waals surface area (Å²) in [6, 6.07) is 13.6. The van der Waals surface area contributed by atoms with Gasteiger partial charge in [0.15, 0.2) is 5.82 Å². The summed E-state index contributed by atoms with van der Waals surface area (Å²) in [4.78, 5) is 15.2. The molecule has 0 radical (unpaired) electrons. The van der Waals surface area contributed by atoms with E-state index in [2.05, 4.69) is 21.1 Å². The third kappa shape index (κ3) is 3.39. The highest BCUT2D eigenvalue weighted by Gasteiger charge is 2.20. The van der Waals surface area contributed by atoms with Gasteiger partial charge in [-0.25, -0.2) is 9.97 Å². The van der Waals surface area contributed by atoms with Crippen LogP contribution >= 0.6 is 23.2 Å². The number of rotatable bonds is 3. The molecular weight excluding hydrogens is 391 g/mol. The molecular formula is C22H18Cl2N4. The Hall–Kier alpha value is -2.40. The van der Waals surface area contributed by atoms with Crippen LogP contribution < -0.4 is 0 Å². The van der Waals surface area contributed by atoms with E-state index in [1.54, 1.807) is 0 Å². The number of nitrogens with zero attached hydrogens (tertiary/aromatic N) is 3. The molecule has 0 saturated heterocycles. The van der Waals surface area contributed by atoms with Gasteiger partial charge in [0.05, 0.1) is 5.69 Å². The van der Waals surface area contributed by atoms with Crippen LogP contribution in [0.4, 0.5) is 0 Å². The fraction of sp³-hybridized carbons (Fsp3) is 0.182. The molecule has 3 heterocycles. The lowest BCUT2D eigenvalue weighted by Crippen LogP contribution is -2.31. The van der Waals surface area contributed by atoms with E-state index in [9.17, 15) is 0 Å². The van der Waals surface area contributed by atoms with E-state index < -0.39 is 0 Å². The first-order valence-corrected chi connectivity index (χ1v) is 10.00. The highest BCUT2D eigenvalue weighted by atomic mass is 35.5. The van der Waals surface area contributed by atoms with Crippen molar-refractivity contribution in [1.29, 1.82) is 0 Å². The molecule has 1 N–H and O–H groups in total. The number of benzene rings is 2. The second-order valence-corrected chi connectivity index (χ2v) is 8.01. The summed E-state index contributed by atoms with van der Waals surface area (Å²) in [6.45, 7) is 2.66. The van der Waals surface area contributed by atoms with Crippen LogP contribution in [0.25, 0.3) is 22.3 Å². The van der Waals surface area contributed by atoms with E-state index >= 15 is 0 Å². The topological polar surface area (TPSA) is 44.8 Å². The van der Waals surface area contributed by atoms with Gasteiger partial charge in [-0.3, -0.25) is 4.90 Å². The molecule has 0 saturated carbocycles. The Balaban J connectivity index is 1.40. The van der Waals surface area contributed by atoms with Crippen molar-refractivity contribution < 1.29 is 0 Å². The van der Waals surface area contributed by atoms with Crippen molar-refractivity contribution in [2.24, 2.45) is 0 Å². The highest BCUT2D eigenvalue weighted by Crippen LogP contribution is 2.26. The molecule has 4 nitrogen and oxygen atoms in total. The summed E-state index contributed by atoms with van der Waals surface area (Å²) < 4.78 is 0. The first-order valence-electron chi connectivity index (χ1n) is 9.24. The summed E-state index contributed by atoms with van der Waals surface area (Å²) in [7, 11) is 0. The number of hydrogen-bond donors (Lipinski definition) is 1. The maximum atomic E-state index is 6.19. The van der Waals surface area contributed by atoms with Crippen LogP contribution in [-0.4, -0.2) is 26.4 Å². The second-order valence-electron chi connectivity index (χ2n) is 7.14. The zero-order chi connectivity index (χ0) is 19.1. The lowest BCUT2D eigenvalue weighted by molar-refractivity contribution is 0.242. The van der Waals surface area contributed by atoms with Crippen molar-refractivity contribution in [2.45, 2.75) is 19.5 Å². The first-order chi connectivity index (χ1) is 13.7. The molecule has 0 atom stereocenters. The summed E-state index contributed by atoms with van der Waals surface area (Å²) in [5, 5.41) is 2.66. The molecule has 0 aliphatic carbocycles. The lowest BCUT2D eigenvalue weighted by Gasteiger charge is -2.27. The van der Waals surface area contributed by atoms with E-state index in [0.717, 1.165) is 53.7 Å². The van der Waals surface area contributed by atoms with E-state index in [4.69, 9.17) is 28.2 Å². The zero-order valence-electron chi connectivity index (χ0n) is 15.1. The Morgan fingerprint density at radius 1 is 1.04 bits per heavy atom. The highest BCUT2D eigenvalue weighted by molar-refractivity contribution is 6.31. The number of H-pyrrole nitrogens is 1. The minimum Gasteiger partial charge on any atom is -0.361 e. The maximum absolute atomic E-state index is 6.19. The average Bonchev–Trinajstić information content (AvgIpc) is 3.10. The third-order valence-corrected chi connectivity index (χ3v) is 5.74. The van der Waals surface area contributed by atoms with Crippen molar-refractivity contribution >= 4 is 34.1 Å². The van der Waals surface area contributed by atoms with Crippen LogP contribution in [0.1, 0.15) is 16.8 Å². The van der Waals surface area contributed by atoms with Crippen LogP contribution in [0.15, 0.2) is 54.9 Å². The van der Waals surface area contributed by atoms with Gasteiger partial charge >= 0.3 is 0 Å². The Labute approximate surface area is 173 Å². The van der Waals surface area contributed by atoms with Gasteiger partial charge in [0.1, 0.15) is 0 Å². The molecule has 6 heteroatoms. The van der Waals surface area contributed by atoms with E-state index in [1.807, 2.05) is 48.7 Å². The summed E-state index contributed by atoms with van der Waals surface area (Å²) in [5.41, 5.74) is 5.69. The monoisotopic (exact) mass is 408 g/mol. The van der Waals surface area contributed by atoms with Gasteiger partial charge in [0.25, 0.3) is 0 Å². The Morgan fingerprint density at radius 3 is 2.71 bits per heavy atom. The van der Waals surface area contributed by atoms with Crippen LogP contribution in [-0.2, 0) is 19.5 Å². The summed E-state index contributed by atoms with van der Waals surface area (Å²) in [6.07, 6.45) is 5.00. The van der Waals surface area contributed by atoms with Crippen LogP contribution in [0.3, 0.4) is 0 Å². The minimum absolute atomic E-state index is 0.715. The molecule has 2 aromatic carbocycles. The molecule has 0 spiro atoms. The predicted molar refractivity (Wildman–Crippen MR) is 114 cm³/mol. The normalized spacial score (nSPS) is 14.4. The van der Waals surface area contributed by atoms with Crippen molar-refractivity contribution in [3.8, 4) is 11.4 Å². The van der Waals surface area contributed by atoms with Gasteiger partial charge in [-0.15, -0.1) is 0 Å². The van der Waals surface area contributed by atoms with Crippen molar-refractivity contribution in [1.82, 2.24) is 19.9 Å². The second kappa shape index (κ2) is 7.21. The number of aromatic nitrogens is 3. The number of halogens is 2. The van der Waals surface area contributed by atoms with Gasteiger partial charge in [-0.2, -0.15) is 0 Å². The quantitative estimate of drug-likeness (QED) is 0.487. The summed E-state index contributed by atoms with van der Waals surface area (Å²) in [5.74, 6) is 0.746. The average molecular weight is 409 g/mol. The molecule has 0 unspecified atom stereocenters. The van der Waals surface area contributed by atoms with Crippen molar-refractivity contribution in [3.05, 3.63) is 81.7 Å². The minimum atomic E-state index is 0.715.